The molecule has 29 heavy (non-hydrogen) atoms. The predicted molar refractivity (Wildman–Crippen MR) is 110 cm³/mol. The van der Waals surface area contributed by atoms with Crippen molar-refractivity contribution in [1.82, 2.24) is 24.9 Å². The van der Waals surface area contributed by atoms with Gasteiger partial charge in [-0.2, -0.15) is 5.10 Å². The standard InChI is InChI=1S/C22H29N5O2/c1-25-20-11-14-27(22(29)23-15-17-7-3-2-4-8-17)16-18(20)19(24-25)9-10-21(28)26-12-5-6-13-26/h2-4,7-8H,5-6,9-16H2,1H3,(H,23,29). The lowest BCUT2D eigenvalue weighted by Crippen LogP contribution is -2.42. The summed E-state index contributed by atoms with van der Waals surface area (Å²) >= 11 is 0. The van der Waals surface area contributed by atoms with Crippen LogP contribution >= 0.6 is 0 Å². The van der Waals surface area contributed by atoms with Crippen molar-refractivity contribution in [3.05, 3.63) is 52.8 Å². The molecule has 0 bridgehead atoms. The molecule has 7 nitrogen and oxygen atoms in total. The van der Waals surface area contributed by atoms with E-state index in [-0.39, 0.29) is 11.9 Å². The van der Waals surface area contributed by atoms with Crippen LogP contribution < -0.4 is 5.32 Å². The van der Waals surface area contributed by atoms with E-state index >= 15 is 0 Å². The molecule has 4 rings (SSSR count). The minimum atomic E-state index is -0.0533. The average molecular weight is 396 g/mol. The Kier molecular flexibility index (Phi) is 5.83. The monoisotopic (exact) mass is 395 g/mol. The van der Waals surface area contributed by atoms with Crippen LogP contribution in [0.2, 0.25) is 0 Å². The number of nitrogens with one attached hydrogen (secondary N) is 1. The largest absolute Gasteiger partial charge is 0.343 e. The Bertz CT molecular complexity index is 871. The molecule has 0 aliphatic carbocycles. The maximum atomic E-state index is 12.7. The van der Waals surface area contributed by atoms with Gasteiger partial charge < -0.3 is 15.1 Å². The number of carbonyl (C=O) groups is 2. The molecule has 2 aliphatic heterocycles. The topological polar surface area (TPSA) is 70.5 Å². The number of benzene rings is 1. The molecule has 3 heterocycles. The quantitative estimate of drug-likeness (QED) is 0.844. The van der Waals surface area contributed by atoms with Crippen LogP contribution in [0.15, 0.2) is 30.3 Å². The second-order valence-electron chi connectivity index (χ2n) is 7.90. The Morgan fingerprint density at radius 1 is 1.07 bits per heavy atom. The third-order valence-electron chi connectivity index (χ3n) is 5.93. The van der Waals surface area contributed by atoms with Crippen molar-refractivity contribution in [2.24, 2.45) is 7.05 Å². The highest BCUT2D eigenvalue weighted by Crippen LogP contribution is 2.23. The summed E-state index contributed by atoms with van der Waals surface area (Å²) < 4.78 is 1.92. The van der Waals surface area contributed by atoms with Crippen molar-refractivity contribution < 1.29 is 9.59 Å². The first-order valence-electron chi connectivity index (χ1n) is 10.5. The third-order valence-corrected chi connectivity index (χ3v) is 5.93. The Morgan fingerprint density at radius 2 is 1.83 bits per heavy atom. The summed E-state index contributed by atoms with van der Waals surface area (Å²) in [7, 11) is 1.95. The second kappa shape index (κ2) is 8.68. The molecule has 1 fully saturated rings. The van der Waals surface area contributed by atoms with Crippen LogP contribution in [0.1, 0.15) is 41.8 Å². The van der Waals surface area contributed by atoms with E-state index in [1.165, 1.54) is 5.69 Å². The number of likely N-dealkylation sites (tertiary alicyclic amines) is 1. The lowest BCUT2D eigenvalue weighted by molar-refractivity contribution is -0.130. The number of hydrogen-bond donors (Lipinski definition) is 1. The van der Waals surface area contributed by atoms with Gasteiger partial charge in [0.2, 0.25) is 5.91 Å². The number of aromatic nitrogens is 2. The van der Waals surface area contributed by atoms with Crippen LogP contribution in [0.25, 0.3) is 0 Å². The molecule has 2 aromatic rings. The average Bonchev–Trinajstić information content (AvgIpc) is 3.39. The zero-order valence-corrected chi connectivity index (χ0v) is 17.1. The van der Waals surface area contributed by atoms with Crippen molar-refractivity contribution in [2.45, 2.75) is 45.2 Å². The maximum Gasteiger partial charge on any atom is 0.317 e. The van der Waals surface area contributed by atoms with E-state index in [1.807, 2.05) is 51.9 Å². The summed E-state index contributed by atoms with van der Waals surface area (Å²) in [4.78, 5) is 28.9. The predicted octanol–water partition coefficient (Wildman–Crippen LogP) is 2.24. The van der Waals surface area contributed by atoms with Crippen molar-refractivity contribution in [2.75, 3.05) is 19.6 Å². The van der Waals surface area contributed by atoms with E-state index in [0.717, 1.165) is 49.2 Å². The molecule has 0 atom stereocenters. The smallest absolute Gasteiger partial charge is 0.317 e. The molecule has 154 valence electrons. The van der Waals surface area contributed by atoms with Gasteiger partial charge >= 0.3 is 6.03 Å². The molecule has 0 spiro atoms. The first-order chi connectivity index (χ1) is 14.1. The number of amides is 3. The first kappa shape index (κ1) is 19.5. The van der Waals surface area contributed by atoms with E-state index in [1.54, 1.807) is 0 Å². The maximum absolute atomic E-state index is 12.7. The van der Waals surface area contributed by atoms with Crippen LogP contribution in [0, 0.1) is 0 Å². The molecule has 3 amide bonds. The SMILES string of the molecule is Cn1nc(CCC(=O)N2CCCC2)c2c1CCN(C(=O)NCc1ccccc1)C2. The number of fused-ring (bicyclic) bond motifs is 1. The Hall–Kier alpha value is -2.83. The Labute approximate surface area is 171 Å². The molecule has 0 radical (unpaired) electrons. The van der Waals surface area contributed by atoms with Crippen LogP contribution in [0.5, 0.6) is 0 Å². The fourth-order valence-corrected chi connectivity index (χ4v) is 4.28. The van der Waals surface area contributed by atoms with Crippen LogP contribution in [0.3, 0.4) is 0 Å². The molecule has 1 aromatic carbocycles. The molecule has 0 unspecified atom stereocenters. The van der Waals surface area contributed by atoms with Crippen LogP contribution in [0.4, 0.5) is 4.79 Å². The van der Waals surface area contributed by atoms with Crippen molar-refractivity contribution in [3.63, 3.8) is 0 Å². The van der Waals surface area contributed by atoms with Crippen LogP contribution in [-0.2, 0) is 37.8 Å². The highest BCUT2D eigenvalue weighted by molar-refractivity contribution is 5.77. The van der Waals surface area contributed by atoms with Gasteiger partial charge in [0, 0.05) is 63.7 Å². The number of carbonyl (C=O) groups excluding carboxylic acids is 2. The zero-order chi connectivity index (χ0) is 20.2. The summed E-state index contributed by atoms with van der Waals surface area (Å²) in [6.45, 7) is 3.52. The summed E-state index contributed by atoms with van der Waals surface area (Å²) in [5.74, 6) is 0.218. The van der Waals surface area contributed by atoms with Crippen molar-refractivity contribution >= 4 is 11.9 Å². The number of urea groups is 1. The highest BCUT2D eigenvalue weighted by atomic mass is 16.2. The third kappa shape index (κ3) is 4.44. The lowest BCUT2D eigenvalue weighted by Gasteiger charge is -2.28. The van der Waals surface area contributed by atoms with Gasteiger partial charge in [0.1, 0.15) is 0 Å². The molecular formula is C22H29N5O2. The summed E-state index contributed by atoms with van der Waals surface area (Å²) in [5, 5.41) is 7.68. The fraction of sp³-hybridized carbons (Fsp3) is 0.500. The normalized spacial score (nSPS) is 16.0. The molecule has 0 saturated carbocycles. The number of rotatable bonds is 5. The van der Waals surface area contributed by atoms with Crippen molar-refractivity contribution in [3.8, 4) is 0 Å². The zero-order valence-electron chi connectivity index (χ0n) is 17.1. The molecule has 2 aliphatic rings. The number of aryl methyl sites for hydroxylation is 2. The van der Waals surface area contributed by atoms with E-state index < -0.39 is 0 Å². The lowest BCUT2D eigenvalue weighted by atomic mass is 10.0. The van der Waals surface area contributed by atoms with Gasteiger partial charge in [-0.1, -0.05) is 30.3 Å². The van der Waals surface area contributed by atoms with E-state index in [0.29, 0.717) is 32.5 Å². The molecular weight excluding hydrogens is 366 g/mol. The molecule has 7 heteroatoms. The van der Waals surface area contributed by atoms with Gasteiger partial charge in [-0.25, -0.2) is 4.79 Å². The van der Waals surface area contributed by atoms with Crippen LogP contribution in [-0.4, -0.2) is 51.2 Å². The highest BCUT2D eigenvalue weighted by Gasteiger charge is 2.27. The van der Waals surface area contributed by atoms with Gasteiger partial charge in [-0.15, -0.1) is 0 Å². The minimum absolute atomic E-state index is 0.0533. The Balaban J connectivity index is 1.37. The van der Waals surface area contributed by atoms with Gasteiger partial charge in [0.15, 0.2) is 0 Å². The fourth-order valence-electron chi connectivity index (χ4n) is 4.28. The van der Waals surface area contributed by atoms with E-state index in [9.17, 15) is 9.59 Å². The summed E-state index contributed by atoms with van der Waals surface area (Å²) in [6, 6.07) is 9.87. The number of nitrogens with zero attached hydrogens (tertiary/aromatic N) is 4. The second-order valence-corrected chi connectivity index (χ2v) is 7.90. The number of hydrogen-bond acceptors (Lipinski definition) is 3. The molecule has 1 N–H and O–H groups in total. The van der Waals surface area contributed by atoms with Gasteiger partial charge in [0.25, 0.3) is 0 Å². The molecule has 1 aromatic heterocycles. The van der Waals surface area contributed by atoms with Gasteiger partial charge in [-0.05, 0) is 18.4 Å². The first-order valence-corrected chi connectivity index (χ1v) is 10.5. The van der Waals surface area contributed by atoms with Gasteiger partial charge in [-0.3, -0.25) is 9.48 Å². The van der Waals surface area contributed by atoms with E-state index in [2.05, 4.69) is 10.4 Å². The molecule has 1 saturated heterocycles. The van der Waals surface area contributed by atoms with E-state index in [4.69, 9.17) is 0 Å². The Morgan fingerprint density at radius 3 is 2.59 bits per heavy atom. The van der Waals surface area contributed by atoms with Gasteiger partial charge in [0.05, 0.1) is 12.2 Å². The summed E-state index contributed by atoms with van der Waals surface area (Å²) in [6.07, 6.45) is 4.13. The summed E-state index contributed by atoms with van der Waals surface area (Å²) in [5.41, 5.74) is 4.33. The minimum Gasteiger partial charge on any atom is -0.343 e. The van der Waals surface area contributed by atoms with Crippen molar-refractivity contribution in [1.29, 1.82) is 0 Å².